The molecule has 1 N–H and O–H groups in total. The molecule has 134 valence electrons. The van der Waals surface area contributed by atoms with Crippen molar-refractivity contribution in [2.45, 2.75) is 6.61 Å². The van der Waals surface area contributed by atoms with E-state index >= 15 is 0 Å². The molecule has 4 aromatic rings. The Hall–Kier alpha value is -3.45. The third kappa shape index (κ3) is 4.21. The molecule has 2 heterocycles. The molecule has 0 spiro atoms. The van der Waals surface area contributed by atoms with Crippen LogP contribution in [0.5, 0.6) is 5.75 Å². The lowest BCUT2D eigenvalue weighted by atomic mass is 10.2. The average Bonchev–Trinajstić information content (AvgIpc) is 3.41. The Bertz CT molecular complexity index is 1030. The average molecular weight is 376 g/mol. The Labute approximate surface area is 160 Å². The third-order valence-electron chi connectivity index (χ3n) is 3.88. The summed E-state index contributed by atoms with van der Waals surface area (Å²) in [5, 5.41) is 12.5. The Kier molecular flexibility index (Phi) is 4.93. The number of hydrogen-bond acceptors (Lipinski definition) is 5. The van der Waals surface area contributed by atoms with Gasteiger partial charge >= 0.3 is 0 Å². The van der Waals surface area contributed by atoms with E-state index in [2.05, 4.69) is 15.5 Å². The van der Waals surface area contributed by atoms with E-state index in [1.165, 1.54) is 0 Å². The van der Waals surface area contributed by atoms with Gasteiger partial charge in [-0.15, -0.1) is 21.5 Å². The van der Waals surface area contributed by atoms with Crippen molar-refractivity contribution in [1.82, 2.24) is 14.8 Å². The smallest absolute Gasteiger partial charge is 0.255 e. The SMILES string of the molecule is O=C(Nc1cccc(-n2cnnc2)c1)c1cccc(OCc2cccs2)c1. The molecule has 0 radical (unpaired) electrons. The van der Waals surface area contributed by atoms with Gasteiger partial charge in [-0.1, -0.05) is 18.2 Å². The van der Waals surface area contributed by atoms with Crippen LogP contribution in [0.3, 0.4) is 0 Å². The molecule has 2 aromatic heterocycles. The quantitative estimate of drug-likeness (QED) is 0.549. The largest absolute Gasteiger partial charge is 0.488 e. The van der Waals surface area contributed by atoms with Crippen LogP contribution >= 0.6 is 11.3 Å². The van der Waals surface area contributed by atoms with Crippen LogP contribution in [0, 0.1) is 0 Å². The zero-order valence-corrected chi connectivity index (χ0v) is 15.1. The van der Waals surface area contributed by atoms with Gasteiger partial charge in [-0.2, -0.15) is 0 Å². The lowest BCUT2D eigenvalue weighted by molar-refractivity contribution is 0.102. The lowest BCUT2D eigenvalue weighted by Gasteiger charge is -2.09. The first-order valence-electron chi connectivity index (χ1n) is 8.29. The zero-order valence-electron chi connectivity index (χ0n) is 14.3. The first-order chi connectivity index (χ1) is 13.3. The standard InChI is InChI=1S/C20H16N4O2S/c25-20(23-16-5-2-6-17(11-16)24-13-21-22-14-24)15-4-1-7-18(10-15)26-12-19-8-3-9-27-19/h1-11,13-14H,12H2,(H,23,25). The molecule has 7 heteroatoms. The molecule has 0 saturated heterocycles. The molecule has 6 nitrogen and oxygen atoms in total. The van der Waals surface area contributed by atoms with E-state index in [0.29, 0.717) is 23.6 Å². The fourth-order valence-electron chi connectivity index (χ4n) is 2.56. The van der Waals surface area contributed by atoms with Crippen molar-refractivity contribution in [2.75, 3.05) is 5.32 Å². The molecule has 2 aromatic carbocycles. The van der Waals surface area contributed by atoms with Crippen molar-refractivity contribution in [2.24, 2.45) is 0 Å². The maximum atomic E-state index is 12.6. The van der Waals surface area contributed by atoms with Gasteiger partial charge in [0.1, 0.15) is 25.0 Å². The van der Waals surface area contributed by atoms with E-state index in [9.17, 15) is 4.79 Å². The van der Waals surface area contributed by atoms with E-state index in [0.717, 1.165) is 10.6 Å². The molecule has 0 aliphatic carbocycles. The number of nitrogens with one attached hydrogen (secondary N) is 1. The predicted octanol–water partition coefficient (Wildman–Crippen LogP) is 4.16. The topological polar surface area (TPSA) is 69.0 Å². The van der Waals surface area contributed by atoms with Crippen molar-refractivity contribution in [3.8, 4) is 11.4 Å². The van der Waals surface area contributed by atoms with Gasteiger partial charge in [-0.25, -0.2) is 0 Å². The number of carbonyl (C=O) groups is 1. The number of nitrogens with zero attached hydrogens (tertiary/aromatic N) is 3. The second-order valence-electron chi connectivity index (χ2n) is 5.77. The molecule has 0 aliphatic rings. The summed E-state index contributed by atoms with van der Waals surface area (Å²) in [6, 6.07) is 18.6. The van der Waals surface area contributed by atoms with Gasteiger partial charge in [0.05, 0.1) is 5.69 Å². The van der Waals surface area contributed by atoms with E-state index in [1.54, 1.807) is 40.7 Å². The van der Waals surface area contributed by atoms with Crippen LogP contribution in [0.1, 0.15) is 15.2 Å². The highest BCUT2D eigenvalue weighted by molar-refractivity contribution is 7.09. The van der Waals surface area contributed by atoms with E-state index in [4.69, 9.17) is 4.74 Å². The van der Waals surface area contributed by atoms with Gasteiger partial charge in [0.15, 0.2) is 0 Å². The summed E-state index contributed by atoms with van der Waals surface area (Å²) in [7, 11) is 0. The van der Waals surface area contributed by atoms with Gasteiger partial charge in [-0.3, -0.25) is 9.36 Å². The Balaban J connectivity index is 1.45. The third-order valence-corrected chi connectivity index (χ3v) is 4.73. The summed E-state index contributed by atoms with van der Waals surface area (Å²) in [5.74, 6) is 0.465. The van der Waals surface area contributed by atoms with Gasteiger partial charge < -0.3 is 10.1 Å². The second kappa shape index (κ2) is 7.84. The van der Waals surface area contributed by atoms with E-state index in [-0.39, 0.29) is 5.91 Å². The Morgan fingerprint density at radius 2 is 1.89 bits per heavy atom. The van der Waals surface area contributed by atoms with Crippen molar-refractivity contribution in [1.29, 1.82) is 0 Å². The predicted molar refractivity (Wildman–Crippen MR) is 104 cm³/mol. The molecular formula is C20H16N4O2S. The van der Waals surface area contributed by atoms with Crippen molar-refractivity contribution >= 4 is 22.9 Å². The summed E-state index contributed by atoms with van der Waals surface area (Å²) in [4.78, 5) is 13.7. The molecule has 27 heavy (non-hydrogen) atoms. The van der Waals surface area contributed by atoms with Gasteiger partial charge in [0.2, 0.25) is 0 Å². The summed E-state index contributed by atoms with van der Waals surface area (Å²) >= 11 is 1.64. The monoisotopic (exact) mass is 376 g/mol. The molecule has 4 rings (SSSR count). The molecule has 0 saturated carbocycles. The fourth-order valence-corrected chi connectivity index (χ4v) is 3.17. The Morgan fingerprint density at radius 1 is 1.04 bits per heavy atom. The highest BCUT2D eigenvalue weighted by atomic mass is 32.1. The summed E-state index contributed by atoms with van der Waals surface area (Å²) < 4.78 is 7.55. The normalized spacial score (nSPS) is 10.5. The fraction of sp³-hybridized carbons (Fsp3) is 0.0500. The van der Waals surface area contributed by atoms with Gasteiger partial charge in [0.25, 0.3) is 5.91 Å². The van der Waals surface area contributed by atoms with E-state index in [1.807, 2.05) is 53.9 Å². The van der Waals surface area contributed by atoms with Crippen LogP contribution in [0.25, 0.3) is 5.69 Å². The van der Waals surface area contributed by atoms with E-state index < -0.39 is 0 Å². The first-order valence-corrected chi connectivity index (χ1v) is 9.17. The maximum Gasteiger partial charge on any atom is 0.255 e. The molecule has 0 fully saturated rings. The number of anilines is 1. The number of hydrogen-bond donors (Lipinski definition) is 1. The number of thiophene rings is 1. The number of ether oxygens (including phenoxy) is 1. The first kappa shape index (κ1) is 17.0. The zero-order chi connectivity index (χ0) is 18.5. The van der Waals surface area contributed by atoms with Crippen molar-refractivity contribution < 1.29 is 9.53 Å². The van der Waals surface area contributed by atoms with Gasteiger partial charge in [-0.05, 0) is 47.8 Å². The van der Waals surface area contributed by atoms with Crippen molar-refractivity contribution in [3.05, 3.63) is 89.1 Å². The molecule has 0 bridgehead atoms. The summed E-state index contributed by atoms with van der Waals surface area (Å²) in [5.41, 5.74) is 2.09. The van der Waals surface area contributed by atoms with Crippen LogP contribution < -0.4 is 10.1 Å². The summed E-state index contributed by atoms with van der Waals surface area (Å²) in [6.45, 7) is 0.490. The minimum absolute atomic E-state index is 0.197. The minimum Gasteiger partial charge on any atom is -0.488 e. The van der Waals surface area contributed by atoms with Crippen LogP contribution in [0.4, 0.5) is 5.69 Å². The minimum atomic E-state index is -0.197. The molecule has 1 amide bonds. The number of amides is 1. The number of carbonyl (C=O) groups excluding carboxylic acids is 1. The van der Waals surface area contributed by atoms with Gasteiger partial charge in [0, 0.05) is 16.1 Å². The number of benzene rings is 2. The van der Waals surface area contributed by atoms with Crippen LogP contribution in [0.15, 0.2) is 78.7 Å². The number of rotatable bonds is 6. The molecule has 0 aliphatic heterocycles. The maximum absolute atomic E-state index is 12.6. The van der Waals surface area contributed by atoms with Crippen molar-refractivity contribution in [3.63, 3.8) is 0 Å². The molecular weight excluding hydrogens is 360 g/mol. The van der Waals surface area contributed by atoms with Crippen LogP contribution in [-0.2, 0) is 6.61 Å². The number of aromatic nitrogens is 3. The Morgan fingerprint density at radius 3 is 2.70 bits per heavy atom. The lowest BCUT2D eigenvalue weighted by Crippen LogP contribution is -2.12. The summed E-state index contributed by atoms with van der Waals surface area (Å²) in [6.07, 6.45) is 3.21. The highest BCUT2D eigenvalue weighted by Crippen LogP contribution is 2.19. The molecule has 0 atom stereocenters. The van der Waals surface area contributed by atoms with Crippen LogP contribution in [0.2, 0.25) is 0 Å². The highest BCUT2D eigenvalue weighted by Gasteiger charge is 2.08. The molecule has 0 unspecified atom stereocenters. The second-order valence-corrected chi connectivity index (χ2v) is 6.80. The van der Waals surface area contributed by atoms with Crippen LogP contribution in [-0.4, -0.2) is 20.7 Å².